The van der Waals surface area contributed by atoms with Gasteiger partial charge in [0.25, 0.3) is 0 Å². The van der Waals surface area contributed by atoms with Gasteiger partial charge in [0.1, 0.15) is 0 Å². The van der Waals surface area contributed by atoms with Crippen molar-refractivity contribution in [2.24, 2.45) is 5.92 Å². The van der Waals surface area contributed by atoms with Crippen molar-refractivity contribution in [1.82, 2.24) is 10.3 Å². The third-order valence-electron chi connectivity index (χ3n) is 3.14. The maximum atomic E-state index is 4.36. The summed E-state index contributed by atoms with van der Waals surface area (Å²) in [5, 5.41) is 6.79. The van der Waals surface area contributed by atoms with Crippen LogP contribution in [0.5, 0.6) is 0 Å². The van der Waals surface area contributed by atoms with Crippen molar-refractivity contribution in [3.63, 3.8) is 0 Å². The van der Waals surface area contributed by atoms with Crippen LogP contribution in [0.1, 0.15) is 30.7 Å². The molecule has 0 saturated heterocycles. The van der Waals surface area contributed by atoms with Crippen molar-refractivity contribution in [3.05, 3.63) is 16.6 Å². The first-order chi connectivity index (χ1) is 6.88. The summed E-state index contributed by atoms with van der Waals surface area (Å²) in [6.07, 6.45) is 8.55. The highest BCUT2D eigenvalue weighted by Crippen LogP contribution is 2.27. The SMILES string of the molecule is CNC1CCCC(Cc2nccs2)C1. The monoisotopic (exact) mass is 210 g/mol. The van der Waals surface area contributed by atoms with E-state index < -0.39 is 0 Å². The Bertz CT molecular complexity index is 258. The van der Waals surface area contributed by atoms with E-state index in [-0.39, 0.29) is 0 Å². The van der Waals surface area contributed by atoms with Gasteiger partial charge in [-0.15, -0.1) is 11.3 Å². The van der Waals surface area contributed by atoms with Crippen molar-refractivity contribution >= 4 is 11.3 Å². The van der Waals surface area contributed by atoms with E-state index >= 15 is 0 Å². The van der Waals surface area contributed by atoms with Crippen LogP contribution in [0.2, 0.25) is 0 Å². The number of aromatic nitrogens is 1. The Balaban J connectivity index is 1.86. The van der Waals surface area contributed by atoms with Crippen LogP contribution in [-0.4, -0.2) is 18.1 Å². The molecule has 2 unspecified atom stereocenters. The minimum atomic E-state index is 0.744. The van der Waals surface area contributed by atoms with Gasteiger partial charge < -0.3 is 5.32 Å². The number of nitrogens with one attached hydrogen (secondary N) is 1. The van der Waals surface area contributed by atoms with Gasteiger partial charge in [-0.2, -0.15) is 0 Å². The molecule has 1 N–H and O–H groups in total. The van der Waals surface area contributed by atoms with Gasteiger partial charge in [0.15, 0.2) is 0 Å². The lowest BCUT2D eigenvalue weighted by atomic mass is 9.84. The molecular weight excluding hydrogens is 192 g/mol. The molecule has 0 spiro atoms. The minimum Gasteiger partial charge on any atom is -0.317 e. The quantitative estimate of drug-likeness (QED) is 0.829. The lowest BCUT2D eigenvalue weighted by Gasteiger charge is -2.28. The summed E-state index contributed by atoms with van der Waals surface area (Å²) in [5.74, 6) is 0.854. The van der Waals surface area contributed by atoms with Crippen LogP contribution >= 0.6 is 11.3 Å². The molecule has 78 valence electrons. The normalized spacial score (nSPS) is 27.8. The zero-order chi connectivity index (χ0) is 9.80. The Kier molecular flexibility index (Phi) is 3.54. The summed E-state index contributed by atoms with van der Waals surface area (Å²) in [6.45, 7) is 0. The summed E-state index contributed by atoms with van der Waals surface area (Å²) < 4.78 is 0. The molecule has 2 atom stereocenters. The van der Waals surface area contributed by atoms with Crippen molar-refractivity contribution in [2.75, 3.05) is 7.05 Å². The van der Waals surface area contributed by atoms with E-state index in [0.717, 1.165) is 12.0 Å². The zero-order valence-corrected chi connectivity index (χ0v) is 9.52. The third kappa shape index (κ3) is 2.55. The second-order valence-corrected chi connectivity index (χ2v) is 5.13. The first-order valence-corrected chi connectivity index (χ1v) is 6.32. The first kappa shape index (κ1) is 10.1. The highest BCUT2D eigenvalue weighted by atomic mass is 32.1. The van der Waals surface area contributed by atoms with Gasteiger partial charge in [-0.3, -0.25) is 0 Å². The molecule has 1 saturated carbocycles. The lowest BCUT2D eigenvalue weighted by molar-refractivity contribution is 0.294. The Hall–Kier alpha value is -0.410. The third-order valence-corrected chi connectivity index (χ3v) is 3.94. The second kappa shape index (κ2) is 4.89. The zero-order valence-electron chi connectivity index (χ0n) is 8.70. The molecule has 2 rings (SSSR count). The number of hydrogen-bond acceptors (Lipinski definition) is 3. The van der Waals surface area contributed by atoms with Gasteiger partial charge in [0.2, 0.25) is 0 Å². The van der Waals surface area contributed by atoms with E-state index in [9.17, 15) is 0 Å². The first-order valence-electron chi connectivity index (χ1n) is 5.44. The van der Waals surface area contributed by atoms with E-state index in [1.807, 2.05) is 6.20 Å². The van der Waals surface area contributed by atoms with Gasteiger partial charge in [0.05, 0.1) is 5.01 Å². The van der Waals surface area contributed by atoms with Crippen LogP contribution in [-0.2, 0) is 6.42 Å². The number of thiazole rings is 1. The molecule has 1 aromatic heterocycles. The molecule has 0 amide bonds. The highest BCUT2D eigenvalue weighted by molar-refractivity contribution is 7.09. The largest absolute Gasteiger partial charge is 0.317 e. The highest BCUT2D eigenvalue weighted by Gasteiger charge is 2.21. The second-order valence-electron chi connectivity index (χ2n) is 4.15. The van der Waals surface area contributed by atoms with E-state index in [1.54, 1.807) is 11.3 Å². The summed E-state index contributed by atoms with van der Waals surface area (Å²) in [4.78, 5) is 4.36. The van der Waals surface area contributed by atoms with Crippen molar-refractivity contribution in [1.29, 1.82) is 0 Å². The molecule has 2 nitrogen and oxygen atoms in total. The summed E-state index contributed by atoms with van der Waals surface area (Å²) >= 11 is 1.79. The fourth-order valence-electron chi connectivity index (χ4n) is 2.34. The Labute approximate surface area is 89.8 Å². The van der Waals surface area contributed by atoms with Crippen LogP contribution in [0.3, 0.4) is 0 Å². The Morgan fingerprint density at radius 3 is 3.21 bits per heavy atom. The fourth-order valence-corrected chi connectivity index (χ4v) is 3.07. The van der Waals surface area contributed by atoms with Crippen molar-refractivity contribution in [3.8, 4) is 0 Å². The molecule has 0 radical (unpaired) electrons. The predicted octanol–water partition coefficient (Wildman–Crippen LogP) is 2.46. The minimum absolute atomic E-state index is 0.744. The molecule has 1 aliphatic carbocycles. The molecule has 14 heavy (non-hydrogen) atoms. The van der Waals surface area contributed by atoms with Gasteiger partial charge in [0, 0.05) is 24.0 Å². The molecular formula is C11H18N2S. The van der Waals surface area contributed by atoms with E-state index in [1.165, 1.54) is 37.1 Å². The molecule has 1 heterocycles. The molecule has 0 aromatic carbocycles. The Morgan fingerprint density at radius 2 is 2.50 bits per heavy atom. The van der Waals surface area contributed by atoms with Gasteiger partial charge in [-0.1, -0.05) is 6.42 Å². The van der Waals surface area contributed by atoms with Gasteiger partial charge >= 0.3 is 0 Å². The van der Waals surface area contributed by atoms with Crippen molar-refractivity contribution in [2.45, 2.75) is 38.1 Å². The molecule has 1 fully saturated rings. The standard InChI is InChI=1S/C11H18N2S/c1-12-10-4-2-3-9(7-10)8-11-13-5-6-14-11/h5-6,9-10,12H,2-4,7-8H2,1H3. The van der Waals surface area contributed by atoms with Crippen LogP contribution < -0.4 is 5.32 Å². The topological polar surface area (TPSA) is 24.9 Å². The fraction of sp³-hybridized carbons (Fsp3) is 0.727. The predicted molar refractivity (Wildman–Crippen MR) is 60.6 cm³/mol. The Morgan fingerprint density at radius 1 is 1.57 bits per heavy atom. The van der Waals surface area contributed by atoms with Crippen LogP contribution in [0.25, 0.3) is 0 Å². The molecule has 1 aromatic rings. The van der Waals surface area contributed by atoms with Crippen LogP contribution in [0, 0.1) is 5.92 Å². The average Bonchev–Trinajstić information content (AvgIpc) is 2.71. The lowest BCUT2D eigenvalue weighted by Crippen LogP contribution is -2.31. The molecule has 0 aliphatic heterocycles. The molecule has 1 aliphatic rings. The molecule has 0 bridgehead atoms. The van der Waals surface area contributed by atoms with E-state index in [0.29, 0.717) is 0 Å². The molecule has 3 heteroatoms. The maximum Gasteiger partial charge on any atom is 0.0927 e. The van der Waals surface area contributed by atoms with Crippen LogP contribution in [0.15, 0.2) is 11.6 Å². The average molecular weight is 210 g/mol. The summed E-state index contributed by atoms with van der Waals surface area (Å²) in [7, 11) is 2.08. The number of rotatable bonds is 3. The van der Waals surface area contributed by atoms with E-state index in [2.05, 4.69) is 22.7 Å². The van der Waals surface area contributed by atoms with Gasteiger partial charge in [-0.05, 0) is 32.2 Å². The maximum absolute atomic E-state index is 4.36. The summed E-state index contributed by atoms with van der Waals surface area (Å²) in [6, 6.07) is 0.744. The summed E-state index contributed by atoms with van der Waals surface area (Å²) in [5.41, 5.74) is 0. The number of nitrogens with zero attached hydrogens (tertiary/aromatic N) is 1. The van der Waals surface area contributed by atoms with Crippen LogP contribution in [0.4, 0.5) is 0 Å². The van der Waals surface area contributed by atoms with Crippen molar-refractivity contribution < 1.29 is 0 Å². The van der Waals surface area contributed by atoms with E-state index in [4.69, 9.17) is 0 Å². The van der Waals surface area contributed by atoms with Gasteiger partial charge in [-0.25, -0.2) is 4.98 Å². The smallest absolute Gasteiger partial charge is 0.0927 e. The number of hydrogen-bond donors (Lipinski definition) is 1.